The Morgan fingerprint density at radius 3 is 3.47 bits per heavy atom. The van der Waals surface area contributed by atoms with Crippen molar-refractivity contribution in [1.82, 2.24) is 9.55 Å². The van der Waals surface area contributed by atoms with E-state index in [2.05, 4.69) is 4.98 Å². The number of cyclic esters (lactones) is 1. The summed E-state index contributed by atoms with van der Waals surface area (Å²) in [6, 6.07) is 0. The number of hydrogen-bond acceptors (Lipinski definition) is 3. The molecule has 1 aromatic rings. The van der Waals surface area contributed by atoms with Gasteiger partial charge in [0.15, 0.2) is 0 Å². The summed E-state index contributed by atoms with van der Waals surface area (Å²) >= 11 is 0. The van der Waals surface area contributed by atoms with E-state index >= 15 is 0 Å². The first-order valence-electron chi connectivity index (χ1n) is 7.62. The predicted octanol–water partition coefficient (Wildman–Crippen LogP) is 1.16. The Bertz CT molecular complexity index is 555. The van der Waals surface area contributed by atoms with E-state index in [-0.39, 0.29) is 12.3 Å². The number of carbonyl (C=O) groups excluding carboxylic acids is 1. The van der Waals surface area contributed by atoms with Gasteiger partial charge in [-0.2, -0.15) is 0 Å². The number of nitrogens with zero attached hydrogens (tertiary/aromatic N) is 2. The molecule has 0 spiro atoms. The van der Waals surface area contributed by atoms with Crippen molar-refractivity contribution >= 4 is 5.97 Å². The molecule has 4 nitrogen and oxygen atoms in total. The van der Waals surface area contributed by atoms with E-state index in [1.807, 2.05) is 0 Å². The van der Waals surface area contributed by atoms with Gasteiger partial charge in [0.2, 0.25) is 0 Å². The normalized spacial score (nSPS) is 38.2. The first-order chi connectivity index (χ1) is 9.48. The molecule has 1 fully saturated rings. The average molecular weight is 214 g/mol. The Labute approximate surface area is 97.7 Å². The Morgan fingerprint density at radius 2 is 2.80 bits per heavy atom. The summed E-state index contributed by atoms with van der Waals surface area (Å²) in [4.78, 5) is 15.7. The fraction of sp³-hybridized carbons (Fsp3) is 0.636. The average Bonchev–Trinajstić information content (AvgIpc) is 2.83. The van der Waals surface area contributed by atoms with Crippen LogP contribution in [-0.2, 0) is 23.0 Å². The molecular formula is C11H16N2O2. The van der Waals surface area contributed by atoms with Crippen molar-refractivity contribution in [2.45, 2.75) is 19.6 Å². The van der Waals surface area contributed by atoms with E-state index in [0.29, 0.717) is 0 Å². The van der Waals surface area contributed by atoms with Gasteiger partial charge in [0.05, 0.1) is 18.8 Å². The molecule has 0 bridgehead atoms. The van der Waals surface area contributed by atoms with Crippen LogP contribution < -0.4 is 0 Å². The molecule has 0 aromatic carbocycles. The smallest absolute Gasteiger partial charge is 0.309 e. The van der Waals surface area contributed by atoms with Crippen LogP contribution in [0.5, 0.6) is 0 Å². The van der Waals surface area contributed by atoms with Crippen molar-refractivity contribution in [1.29, 1.82) is 0 Å². The Balaban J connectivity index is 2.42. The first-order valence-corrected chi connectivity index (χ1v) is 4.62. The molecule has 1 saturated heterocycles. The lowest BCUT2D eigenvalue weighted by Crippen LogP contribution is -2.18. The van der Waals surface area contributed by atoms with Gasteiger partial charge >= 0.3 is 5.97 Å². The standard InChI is InChI=1S/C11H16N2O2/c1-3-10-8(6-15-11(10)14)4-9-5-12-7-13(9)2/h5,7-8,10H,3-4,6H2,1-2H3/t8-,10-/m0/s1/i1D3,4D2,10D. The van der Waals surface area contributed by atoms with Gasteiger partial charge in [-0.25, -0.2) is 4.98 Å². The van der Waals surface area contributed by atoms with Crippen LogP contribution in [0.1, 0.15) is 27.2 Å². The highest BCUT2D eigenvalue weighted by Gasteiger charge is 2.35. The van der Waals surface area contributed by atoms with Crippen molar-refractivity contribution in [3.8, 4) is 0 Å². The molecule has 82 valence electrons. The van der Waals surface area contributed by atoms with Gasteiger partial charge in [-0.15, -0.1) is 0 Å². The highest BCUT2D eigenvalue weighted by atomic mass is 16.5. The lowest BCUT2D eigenvalue weighted by atomic mass is 9.89. The lowest BCUT2D eigenvalue weighted by molar-refractivity contribution is -0.141. The molecule has 0 radical (unpaired) electrons. The maximum atomic E-state index is 11.8. The van der Waals surface area contributed by atoms with Crippen LogP contribution >= 0.6 is 0 Å². The van der Waals surface area contributed by atoms with Gasteiger partial charge in [0.1, 0.15) is 0 Å². The summed E-state index contributed by atoms with van der Waals surface area (Å²) < 4.78 is 52.8. The van der Waals surface area contributed by atoms with Crippen LogP contribution in [0.4, 0.5) is 0 Å². The van der Waals surface area contributed by atoms with Crippen LogP contribution in [0.3, 0.4) is 0 Å². The number of carbonyl (C=O) groups is 1. The van der Waals surface area contributed by atoms with Crippen LogP contribution in [0.25, 0.3) is 0 Å². The van der Waals surface area contributed by atoms with Crippen molar-refractivity contribution < 1.29 is 17.8 Å². The van der Waals surface area contributed by atoms with Crippen LogP contribution in [0.2, 0.25) is 0 Å². The molecular weight excluding hydrogens is 192 g/mol. The first kappa shape index (κ1) is 5.14. The topological polar surface area (TPSA) is 44.1 Å². The third-order valence-corrected chi connectivity index (χ3v) is 2.39. The van der Waals surface area contributed by atoms with Crippen molar-refractivity contribution in [2.75, 3.05) is 6.61 Å². The zero-order valence-electron chi connectivity index (χ0n) is 14.4. The number of aryl methyl sites for hydroxylation is 1. The summed E-state index contributed by atoms with van der Waals surface area (Å²) in [5.74, 6) is -4.35. The molecule has 2 atom stereocenters. The highest BCUT2D eigenvalue weighted by molar-refractivity contribution is 5.74. The monoisotopic (exact) mass is 214 g/mol. The molecule has 0 aliphatic carbocycles. The molecule has 2 rings (SSSR count). The van der Waals surface area contributed by atoms with E-state index in [9.17, 15) is 4.79 Å². The molecule has 0 saturated carbocycles. The minimum atomic E-state index is -2.52. The summed E-state index contributed by atoms with van der Waals surface area (Å²) in [5, 5.41) is 0. The summed E-state index contributed by atoms with van der Waals surface area (Å²) in [5.41, 5.74) is 0.174. The maximum absolute atomic E-state index is 11.8. The van der Waals surface area contributed by atoms with Crippen molar-refractivity contribution in [3.05, 3.63) is 18.2 Å². The van der Waals surface area contributed by atoms with Crippen LogP contribution in [0.15, 0.2) is 12.5 Å². The molecule has 0 unspecified atom stereocenters. The van der Waals surface area contributed by atoms with E-state index in [1.54, 1.807) is 7.05 Å². The molecule has 1 aromatic heterocycles. The van der Waals surface area contributed by atoms with Crippen LogP contribution in [0, 0.1) is 11.8 Å². The molecule has 1 aliphatic rings. The molecule has 0 N–H and O–H groups in total. The summed E-state index contributed by atoms with van der Waals surface area (Å²) in [6.07, 6.45) is -0.149. The second kappa shape index (κ2) is 4.04. The number of rotatable bonds is 3. The second-order valence-electron chi connectivity index (χ2n) is 3.39. The SMILES string of the molecule is [2H]C([2H])([2H])C[C@]1([2H])C(=O)OC[C@@H]1C([2H])([2H])c1cncn1C. The minimum Gasteiger partial charge on any atom is -0.465 e. The Kier molecular flexibility index (Phi) is 1.39. The van der Waals surface area contributed by atoms with Gasteiger partial charge in [-0.3, -0.25) is 4.79 Å². The zero-order valence-corrected chi connectivity index (χ0v) is 8.36. The largest absolute Gasteiger partial charge is 0.465 e. The number of imidazole rings is 1. The lowest BCUT2D eigenvalue weighted by Gasteiger charge is -2.12. The fourth-order valence-electron chi connectivity index (χ4n) is 1.49. The Hall–Kier alpha value is -1.32. The minimum absolute atomic E-state index is 0.174. The van der Waals surface area contributed by atoms with E-state index in [1.165, 1.54) is 17.1 Å². The van der Waals surface area contributed by atoms with E-state index in [4.69, 9.17) is 13.0 Å². The van der Waals surface area contributed by atoms with Gasteiger partial charge in [-0.1, -0.05) is 6.85 Å². The number of hydrogen-bond donors (Lipinski definition) is 0. The summed E-state index contributed by atoms with van der Waals surface area (Å²) in [7, 11) is 1.59. The van der Waals surface area contributed by atoms with Gasteiger partial charge < -0.3 is 9.30 Å². The maximum Gasteiger partial charge on any atom is 0.309 e. The fourth-order valence-corrected chi connectivity index (χ4v) is 1.49. The van der Waals surface area contributed by atoms with Crippen LogP contribution in [-0.4, -0.2) is 22.1 Å². The third kappa shape index (κ3) is 1.89. The molecule has 15 heavy (non-hydrogen) atoms. The van der Waals surface area contributed by atoms with Crippen molar-refractivity contribution in [2.24, 2.45) is 18.9 Å². The second-order valence-corrected chi connectivity index (χ2v) is 3.39. The Morgan fingerprint density at radius 1 is 1.93 bits per heavy atom. The molecule has 2 heterocycles. The number of ether oxygens (including phenoxy) is 1. The van der Waals surface area contributed by atoms with Gasteiger partial charge in [0, 0.05) is 33.1 Å². The van der Waals surface area contributed by atoms with E-state index in [0.717, 1.165) is 0 Å². The molecule has 4 heteroatoms. The summed E-state index contributed by atoms with van der Waals surface area (Å²) in [6.45, 7) is -2.84. The van der Waals surface area contributed by atoms with E-state index < -0.39 is 37.4 Å². The predicted molar refractivity (Wildman–Crippen MR) is 55.1 cm³/mol. The highest BCUT2D eigenvalue weighted by Crippen LogP contribution is 2.27. The quantitative estimate of drug-likeness (QED) is 0.709. The third-order valence-electron chi connectivity index (χ3n) is 2.39. The van der Waals surface area contributed by atoms with Gasteiger partial charge in [-0.05, 0) is 12.8 Å². The number of aromatic nitrogens is 2. The molecule has 0 amide bonds. The molecule has 1 aliphatic heterocycles. The van der Waals surface area contributed by atoms with Gasteiger partial charge in [0.25, 0.3) is 0 Å². The zero-order chi connectivity index (χ0) is 16.1. The van der Waals surface area contributed by atoms with Crippen molar-refractivity contribution in [3.63, 3.8) is 0 Å². The number of esters is 1.